The third-order valence-corrected chi connectivity index (χ3v) is 4.23. The summed E-state index contributed by atoms with van der Waals surface area (Å²) >= 11 is 0. The fraction of sp³-hybridized carbons (Fsp3) is 0.833. The molecule has 0 bridgehead atoms. The smallest absolute Gasteiger partial charge is 0.240 e. The average Bonchev–Trinajstić information content (AvgIpc) is 2.75. The number of sulfonamides is 1. The molecule has 1 fully saturated rings. The Morgan fingerprint density at radius 3 is 2.90 bits per heavy atom. The molecule has 1 saturated heterocycles. The predicted molar refractivity (Wildman–Crippen MR) is 74.5 cm³/mol. The van der Waals surface area contributed by atoms with Crippen LogP contribution < -0.4 is 4.72 Å². The number of rotatable bonds is 6. The number of hydrogen-bond acceptors (Lipinski definition) is 6. The van der Waals surface area contributed by atoms with E-state index in [0.717, 1.165) is 25.8 Å². The van der Waals surface area contributed by atoms with E-state index < -0.39 is 10.0 Å². The van der Waals surface area contributed by atoms with Crippen LogP contribution in [0.3, 0.4) is 0 Å². The fourth-order valence-corrected chi connectivity index (χ4v) is 3.07. The van der Waals surface area contributed by atoms with E-state index in [1.165, 1.54) is 12.7 Å². The van der Waals surface area contributed by atoms with Gasteiger partial charge in [0.15, 0.2) is 5.82 Å². The number of piperidine rings is 1. The Hall–Kier alpha value is -0.990. The summed E-state index contributed by atoms with van der Waals surface area (Å²) in [6.07, 6.45) is 5.41. The van der Waals surface area contributed by atoms with Crippen LogP contribution in [0.15, 0.2) is 4.52 Å². The van der Waals surface area contributed by atoms with E-state index in [2.05, 4.69) is 19.8 Å². The van der Waals surface area contributed by atoms with Crippen LogP contribution >= 0.6 is 0 Å². The van der Waals surface area contributed by atoms with E-state index in [4.69, 9.17) is 4.52 Å². The number of nitrogens with zero attached hydrogens (tertiary/aromatic N) is 3. The van der Waals surface area contributed by atoms with Gasteiger partial charge in [-0.3, -0.25) is 4.90 Å². The SMILES string of the molecule is Cc1noc(CN2CCCCC2CCNS(C)(=O)=O)n1. The lowest BCUT2D eigenvalue weighted by Gasteiger charge is -2.34. The van der Waals surface area contributed by atoms with Crippen molar-refractivity contribution in [2.75, 3.05) is 19.3 Å². The van der Waals surface area contributed by atoms with Crippen LogP contribution in [-0.4, -0.2) is 48.8 Å². The number of aromatic nitrogens is 2. The zero-order valence-corrected chi connectivity index (χ0v) is 12.8. The monoisotopic (exact) mass is 302 g/mol. The highest BCUT2D eigenvalue weighted by Crippen LogP contribution is 2.21. The van der Waals surface area contributed by atoms with Crippen molar-refractivity contribution in [1.29, 1.82) is 0 Å². The van der Waals surface area contributed by atoms with Gasteiger partial charge in [-0.1, -0.05) is 11.6 Å². The minimum Gasteiger partial charge on any atom is -0.338 e. The predicted octanol–water partition coefficient (Wildman–Crippen LogP) is 0.672. The summed E-state index contributed by atoms with van der Waals surface area (Å²) in [5, 5.41) is 3.80. The molecule has 20 heavy (non-hydrogen) atoms. The Bertz CT molecular complexity index is 529. The molecule has 1 N–H and O–H groups in total. The largest absolute Gasteiger partial charge is 0.338 e. The molecular formula is C12H22N4O3S. The summed E-state index contributed by atoms with van der Waals surface area (Å²) in [5.74, 6) is 1.28. The molecule has 2 heterocycles. The molecule has 0 aliphatic carbocycles. The molecule has 8 heteroatoms. The summed E-state index contributed by atoms with van der Waals surface area (Å²) in [5.41, 5.74) is 0. The maximum atomic E-state index is 11.1. The highest BCUT2D eigenvalue weighted by molar-refractivity contribution is 7.88. The summed E-state index contributed by atoms with van der Waals surface area (Å²) < 4.78 is 29.9. The van der Waals surface area contributed by atoms with E-state index in [1.807, 2.05) is 0 Å². The van der Waals surface area contributed by atoms with Crippen molar-refractivity contribution in [3.05, 3.63) is 11.7 Å². The Morgan fingerprint density at radius 2 is 2.25 bits per heavy atom. The van der Waals surface area contributed by atoms with E-state index in [9.17, 15) is 8.42 Å². The van der Waals surface area contributed by atoms with E-state index in [1.54, 1.807) is 6.92 Å². The van der Waals surface area contributed by atoms with Crippen LogP contribution in [0, 0.1) is 6.92 Å². The molecule has 114 valence electrons. The Morgan fingerprint density at radius 1 is 1.45 bits per heavy atom. The first-order valence-corrected chi connectivity index (χ1v) is 8.81. The number of aryl methyl sites for hydroxylation is 1. The van der Waals surface area contributed by atoms with E-state index >= 15 is 0 Å². The Kier molecular flexibility index (Phi) is 5.11. The molecule has 0 radical (unpaired) electrons. The average molecular weight is 302 g/mol. The second-order valence-electron chi connectivity index (χ2n) is 5.31. The third-order valence-electron chi connectivity index (χ3n) is 3.50. The molecule has 0 aromatic carbocycles. The molecule has 0 saturated carbocycles. The first-order chi connectivity index (χ1) is 9.44. The van der Waals surface area contributed by atoms with Crippen molar-refractivity contribution >= 4 is 10.0 Å². The molecule has 1 aromatic rings. The molecule has 0 amide bonds. The Balaban J connectivity index is 1.88. The fourth-order valence-electron chi connectivity index (χ4n) is 2.58. The number of hydrogen-bond donors (Lipinski definition) is 1. The molecule has 1 atom stereocenters. The maximum Gasteiger partial charge on any atom is 0.240 e. The molecule has 7 nitrogen and oxygen atoms in total. The zero-order chi connectivity index (χ0) is 14.6. The highest BCUT2D eigenvalue weighted by Gasteiger charge is 2.24. The minimum absolute atomic E-state index is 0.366. The van der Waals surface area contributed by atoms with Crippen LogP contribution in [0.4, 0.5) is 0 Å². The normalized spacial score (nSPS) is 21.2. The lowest BCUT2D eigenvalue weighted by Crippen LogP contribution is -2.41. The topological polar surface area (TPSA) is 88.3 Å². The van der Waals surface area contributed by atoms with Crippen molar-refractivity contribution in [1.82, 2.24) is 19.8 Å². The molecule has 1 unspecified atom stereocenters. The van der Waals surface area contributed by atoms with Crippen molar-refractivity contribution in [2.45, 2.75) is 45.2 Å². The second kappa shape index (κ2) is 6.64. The second-order valence-corrected chi connectivity index (χ2v) is 7.14. The van der Waals surface area contributed by atoms with Gasteiger partial charge in [0.05, 0.1) is 12.8 Å². The minimum atomic E-state index is -3.11. The van der Waals surface area contributed by atoms with E-state index in [-0.39, 0.29) is 0 Å². The molecule has 0 spiro atoms. The lowest BCUT2D eigenvalue weighted by atomic mass is 9.99. The van der Waals surface area contributed by atoms with Crippen molar-refractivity contribution in [3.8, 4) is 0 Å². The van der Waals surface area contributed by atoms with Gasteiger partial charge in [0.25, 0.3) is 0 Å². The van der Waals surface area contributed by atoms with Crippen molar-refractivity contribution in [3.63, 3.8) is 0 Å². The van der Waals surface area contributed by atoms with Gasteiger partial charge in [0, 0.05) is 12.6 Å². The number of nitrogens with one attached hydrogen (secondary N) is 1. The van der Waals surface area contributed by atoms with Gasteiger partial charge in [0.2, 0.25) is 15.9 Å². The van der Waals surface area contributed by atoms with Crippen molar-refractivity contribution < 1.29 is 12.9 Å². The van der Waals surface area contributed by atoms with Crippen LogP contribution in [0.5, 0.6) is 0 Å². The molecule has 1 aliphatic rings. The Labute approximate surface area is 119 Å². The molecule has 2 rings (SSSR count). The van der Waals surface area contributed by atoms with Crippen LogP contribution in [0.2, 0.25) is 0 Å². The van der Waals surface area contributed by atoms with Crippen LogP contribution in [0.1, 0.15) is 37.4 Å². The van der Waals surface area contributed by atoms with Crippen LogP contribution in [-0.2, 0) is 16.6 Å². The number of likely N-dealkylation sites (tertiary alicyclic amines) is 1. The highest BCUT2D eigenvalue weighted by atomic mass is 32.2. The summed E-state index contributed by atoms with van der Waals surface area (Å²) in [4.78, 5) is 6.53. The zero-order valence-electron chi connectivity index (χ0n) is 12.0. The maximum absolute atomic E-state index is 11.1. The lowest BCUT2D eigenvalue weighted by molar-refractivity contribution is 0.118. The van der Waals surface area contributed by atoms with Gasteiger partial charge in [-0.15, -0.1) is 0 Å². The van der Waals surface area contributed by atoms with E-state index in [0.29, 0.717) is 30.8 Å². The van der Waals surface area contributed by atoms with Gasteiger partial charge in [-0.2, -0.15) is 4.98 Å². The first kappa shape index (κ1) is 15.4. The van der Waals surface area contributed by atoms with Gasteiger partial charge in [-0.05, 0) is 32.7 Å². The molecule has 1 aliphatic heterocycles. The summed E-state index contributed by atoms with van der Waals surface area (Å²) in [7, 11) is -3.11. The molecular weight excluding hydrogens is 280 g/mol. The quantitative estimate of drug-likeness (QED) is 0.831. The van der Waals surface area contributed by atoms with Gasteiger partial charge >= 0.3 is 0 Å². The van der Waals surface area contributed by atoms with Crippen LogP contribution in [0.25, 0.3) is 0 Å². The molecule has 1 aromatic heterocycles. The van der Waals surface area contributed by atoms with Gasteiger partial charge < -0.3 is 4.52 Å². The summed E-state index contributed by atoms with van der Waals surface area (Å²) in [6, 6.07) is 0.366. The standard InChI is InChI=1S/C12H22N4O3S/c1-10-14-12(19-15-10)9-16-8-4-3-5-11(16)6-7-13-20(2,17)18/h11,13H,3-9H2,1-2H3. The van der Waals surface area contributed by atoms with Crippen molar-refractivity contribution in [2.24, 2.45) is 0 Å². The van der Waals surface area contributed by atoms with Gasteiger partial charge in [-0.25, -0.2) is 13.1 Å². The first-order valence-electron chi connectivity index (χ1n) is 6.92. The third kappa shape index (κ3) is 4.84. The van der Waals surface area contributed by atoms with Gasteiger partial charge in [0.1, 0.15) is 0 Å². The summed E-state index contributed by atoms with van der Waals surface area (Å²) in [6.45, 7) is 3.91.